The molecule has 3 aromatic rings. The van der Waals surface area contributed by atoms with Crippen molar-refractivity contribution in [1.82, 2.24) is 15.3 Å². The van der Waals surface area contributed by atoms with E-state index in [1.807, 2.05) is 42.8 Å². The van der Waals surface area contributed by atoms with E-state index in [1.165, 1.54) is 0 Å². The molecule has 0 saturated carbocycles. The van der Waals surface area contributed by atoms with Crippen LogP contribution in [-0.2, 0) is 6.54 Å². The monoisotopic (exact) mass is 271 g/mol. The van der Waals surface area contributed by atoms with Crippen LogP contribution in [0, 0.1) is 6.92 Å². The summed E-state index contributed by atoms with van der Waals surface area (Å²) in [7, 11) is 0. The molecule has 0 unspecified atom stereocenters. The minimum Gasteiger partial charge on any atom is -0.361 e. The van der Waals surface area contributed by atoms with Gasteiger partial charge in [-0.05, 0) is 30.5 Å². The smallest absolute Gasteiger partial charge is 0.251 e. The van der Waals surface area contributed by atoms with Gasteiger partial charge in [0.1, 0.15) is 0 Å². The number of carbonyl (C=O) groups is 1. The van der Waals surface area contributed by atoms with Crippen molar-refractivity contribution in [2.75, 3.05) is 0 Å². The molecule has 0 aliphatic carbocycles. The van der Waals surface area contributed by atoms with E-state index in [0.717, 1.165) is 21.6 Å². The van der Waals surface area contributed by atoms with Crippen molar-refractivity contribution >= 4 is 28.1 Å². The maximum Gasteiger partial charge on any atom is 0.251 e. The molecule has 5 heteroatoms. The highest BCUT2D eigenvalue weighted by molar-refractivity contribution is 7.09. The van der Waals surface area contributed by atoms with Gasteiger partial charge in [0.15, 0.2) is 0 Å². The second kappa shape index (κ2) is 4.85. The van der Waals surface area contributed by atoms with Crippen molar-refractivity contribution < 1.29 is 4.79 Å². The van der Waals surface area contributed by atoms with E-state index in [-0.39, 0.29) is 5.91 Å². The van der Waals surface area contributed by atoms with Crippen LogP contribution in [0.4, 0.5) is 0 Å². The van der Waals surface area contributed by atoms with Gasteiger partial charge in [-0.1, -0.05) is 6.07 Å². The number of aromatic amines is 1. The number of hydrogen-bond donors (Lipinski definition) is 2. The van der Waals surface area contributed by atoms with Gasteiger partial charge in [0.25, 0.3) is 5.91 Å². The highest BCUT2D eigenvalue weighted by Gasteiger charge is 2.07. The van der Waals surface area contributed by atoms with Crippen molar-refractivity contribution in [3.8, 4) is 0 Å². The Kier molecular flexibility index (Phi) is 3.05. The molecule has 19 heavy (non-hydrogen) atoms. The van der Waals surface area contributed by atoms with Crippen molar-refractivity contribution in [2.45, 2.75) is 13.5 Å². The lowest BCUT2D eigenvalue weighted by molar-refractivity contribution is 0.0950. The van der Waals surface area contributed by atoms with Crippen LogP contribution in [-0.4, -0.2) is 15.9 Å². The van der Waals surface area contributed by atoms with Crippen molar-refractivity contribution in [3.05, 3.63) is 52.1 Å². The van der Waals surface area contributed by atoms with Gasteiger partial charge in [0.05, 0.1) is 17.2 Å². The molecule has 0 spiro atoms. The minimum atomic E-state index is -0.0813. The molecule has 0 saturated heterocycles. The highest BCUT2D eigenvalue weighted by Crippen LogP contribution is 2.14. The second-order valence-corrected chi connectivity index (χ2v) is 5.38. The predicted octanol–water partition coefficient (Wildman–Crippen LogP) is 2.86. The molecular weight excluding hydrogens is 258 g/mol. The van der Waals surface area contributed by atoms with E-state index in [4.69, 9.17) is 0 Å². The lowest BCUT2D eigenvalue weighted by Gasteiger charge is -2.03. The zero-order valence-electron chi connectivity index (χ0n) is 10.4. The molecule has 96 valence electrons. The Hall–Kier alpha value is -2.14. The van der Waals surface area contributed by atoms with Gasteiger partial charge in [-0.25, -0.2) is 4.98 Å². The standard InChI is InChI=1S/C14H13N3OS/c1-9-17-12(8-19-9)7-16-14(18)11-3-2-10-4-5-15-13(10)6-11/h2-6,8,15H,7H2,1H3,(H,16,18). The minimum absolute atomic E-state index is 0.0813. The number of carbonyl (C=O) groups excluding carboxylic acids is 1. The number of thiazole rings is 1. The Morgan fingerprint density at radius 2 is 2.32 bits per heavy atom. The topological polar surface area (TPSA) is 57.8 Å². The quantitative estimate of drug-likeness (QED) is 0.769. The van der Waals surface area contributed by atoms with E-state index in [0.29, 0.717) is 12.1 Å². The van der Waals surface area contributed by atoms with Gasteiger partial charge < -0.3 is 10.3 Å². The van der Waals surface area contributed by atoms with Gasteiger partial charge in [-0.3, -0.25) is 4.79 Å². The van der Waals surface area contributed by atoms with Gasteiger partial charge in [-0.2, -0.15) is 0 Å². The Morgan fingerprint density at radius 1 is 1.42 bits per heavy atom. The lowest BCUT2D eigenvalue weighted by Crippen LogP contribution is -2.22. The van der Waals surface area contributed by atoms with Crippen molar-refractivity contribution in [3.63, 3.8) is 0 Å². The average Bonchev–Trinajstić information content (AvgIpc) is 3.03. The maximum absolute atomic E-state index is 12.0. The average molecular weight is 271 g/mol. The Balaban J connectivity index is 1.72. The molecule has 0 aliphatic rings. The fraction of sp³-hybridized carbons (Fsp3) is 0.143. The first-order valence-corrected chi connectivity index (χ1v) is 6.87. The van der Waals surface area contributed by atoms with Crippen LogP contribution in [0.25, 0.3) is 10.9 Å². The van der Waals surface area contributed by atoms with Gasteiger partial charge >= 0.3 is 0 Å². The normalized spacial score (nSPS) is 10.8. The van der Waals surface area contributed by atoms with E-state index in [2.05, 4.69) is 15.3 Å². The third kappa shape index (κ3) is 2.51. The Morgan fingerprint density at radius 3 is 3.11 bits per heavy atom. The summed E-state index contributed by atoms with van der Waals surface area (Å²) < 4.78 is 0. The molecule has 0 fully saturated rings. The predicted molar refractivity (Wildman–Crippen MR) is 76.3 cm³/mol. The molecule has 0 radical (unpaired) electrons. The van der Waals surface area contributed by atoms with Crippen LogP contribution in [0.3, 0.4) is 0 Å². The first kappa shape index (κ1) is 11.9. The van der Waals surface area contributed by atoms with Gasteiger partial charge in [0.2, 0.25) is 0 Å². The molecule has 2 heterocycles. The molecule has 0 aliphatic heterocycles. The number of aromatic nitrogens is 2. The SMILES string of the molecule is Cc1nc(CNC(=O)c2ccc3cc[nH]c3c2)cs1. The number of nitrogens with zero attached hydrogens (tertiary/aromatic N) is 1. The Bertz CT molecular complexity index is 729. The molecule has 2 N–H and O–H groups in total. The molecule has 3 rings (SSSR count). The van der Waals surface area contributed by atoms with E-state index in [9.17, 15) is 4.79 Å². The lowest BCUT2D eigenvalue weighted by atomic mass is 10.1. The summed E-state index contributed by atoms with van der Waals surface area (Å²) in [5, 5.41) is 6.95. The van der Waals surface area contributed by atoms with E-state index in [1.54, 1.807) is 11.3 Å². The van der Waals surface area contributed by atoms with Crippen LogP contribution < -0.4 is 5.32 Å². The number of hydrogen-bond acceptors (Lipinski definition) is 3. The largest absolute Gasteiger partial charge is 0.361 e. The third-order valence-corrected chi connectivity index (χ3v) is 3.74. The second-order valence-electron chi connectivity index (χ2n) is 4.32. The van der Waals surface area contributed by atoms with E-state index < -0.39 is 0 Å². The zero-order valence-corrected chi connectivity index (χ0v) is 11.3. The summed E-state index contributed by atoms with van der Waals surface area (Å²) in [4.78, 5) is 19.5. The van der Waals surface area contributed by atoms with Crippen LogP contribution in [0.1, 0.15) is 21.1 Å². The van der Waals surface area contributed by atoms with Crippen molar-refractivity contribution in [1.29, 1.82) is 0 Å². The fourth-order valence-electron chi connectivity index (χ4n) is 1.95. The number of benzene rings is 1. The molecule has 4 nitrogen and oxygen atoms in total. The molecule has 1 amide bonds. The Labute approximate surface area is 114 Å². The number of rotatable bonds is 3. The van der Waals surface area contributed by atoms with Crippen LogP contribution >= 0.6 is 11.3 Å². The number of amides is 1. The van der Waals surface area contributed by atoms with Crippen LogP contribution in [0.2, 0.25) is 0 Å². The summed E-state index contributed by atoms with van der Waals surface area (Å²) in [6.07, 6.45) is 1.87. The summed E-state index contributed by atoms with van der Waals surface area (Å²) in [5.41, 5.74) is 2.52. The number of nitrogens with one attached hydrogen (secondary N) is 2. The highest BCUT2D eigenvalue weighted by atomic mass is 32.1. The first-order valence-electron chi connectivity index (χ1n) is 5.99. The van der Waals surface area contributed by atoms with Crippen molar-refractivity contribution in [2.24, 2.45) is 0 Å². The summed E-state index contributed by atoms with van der Waals surface area (Å²) in [6, 6.07) is 7.61. The first-order chi connectivity index (χ1) is 9.22. The van der Waals surface area contributed by atoms with E-state index >= 15 is 0 Å². The zero-order chi connectivity index (χ0) is 13.2. The molecular formula is C14H13N3OS. The van der Waals surface area contributed by atoms with Gasteiger partial charge in [0, 0.05) is 22.7 Å². The summed E-state index contributed by atoms with van der Waals surface area (Å²) in [5.74, 6) is -0.0813. The fourth-order valence-corrected chi connectivity index (χ4v) is 2.56. The summed E-state index contributed by atoms with van der Waals surface area (Å²) in [6.45, 7) is 2.42. The van der Waals surface area contributed by atoms with Crippen LogP contribution in [0.15, 0.2) is 35.8 Å². The number of aryl methyl sites for hydroxylation is 1. The molecule has 1 aromatic carbocycles. The van der Waals surface area contributed by atoms with Gasteiger partial charge in [-0.15, -0.1) is 11.3 Å². The van der Waals surface area contributed by atoms with Crippen LogP contribution in [0.5, 0.6) is 0 Å². The third-order valence-electron chi connectivity index (χ3n) is 2.91. The number of fused-ring (bicyclic) bond motifs is 1. The molecule has 0 atom stereocenters. The molecule has 0 bridgehead atoms. The number of H-pyrrole nitrogens is 1. The summed E-state index contributed by atoms with van der Waals surface area (Å²) >= 11 is 1.59. The molecule has 2 aromatic heterocycles. The maximum atomic E-state index is 12.0.